The zero-order valence-corrected chi connectivity index (χ0v) is 17.3. The fourth-order valence-corrected chi connectivity index (χ4v) is 5.94. The molecule has 3 rings (SSSR count). The van der Waals surface area contributed by atoms with Crippen LogP contribution < -0.4 is 4.74 Å². The minimum absolute atomic E-state index is 0.0614. The number of nitrogens with zero attached hydrogens (tertiary/aromatic N) is 2. The Morgan fingerprint density at radius 2 is 1.93 bits per heavy atom. The Morgan fingerprint density at radius 3 is 2.64 bits per heavy atom. The van der Waals surface area contributed by atoms with Crippen molar-refractivity contribution in [1.82, 2.24) is 9.21 Å². The molecule has 0 unspecified atom stereocenters. The first-order chi connectivity index (χ1) is 13.4. The van der Waals surface area contributed by atoms with Gasteiger partial charge in [0.05, 0.1) is 6.54 Å². The van der Waals surface area contributed by atoms with Crippen LogP contribution in [-0.2, 0) is 10.0 Å². The SMILES string of the molecule is CN(CCOc1ccccc1F)C(=O)c1sccc1S(=O)(=O)N1CCCCC1. The van der Waals surface area contributed by atoms with Crippen LogP contribution in [0.3, 0.4) is 0 Å². The minimum atomic E-state index is -3.68. The summed E-state index contributed by atoms with van der Waals surface area (Å²) < 4.78 is 46.3. The van der Waals surface area contributed by atoms with Gasteiger partial charge in [0.1, 0.15) is 16.4 Å². The van der Waals surface area contributed by atoms with E-state index in [0.717, 1.165) is 30.6 Å². The summed E-state index contributed by atoms with van der Waals surface area (Å²) in [6.45, 7) is 1.27. The van der Waals surface area contributed by atoms with E-state index < -0.39 is 15.8 Å². The molecule has 2 heterocycles. The average Bonchev–Trinajstić information content (AvgIpc) is 3.20. The number of hydrogen-bond acceptors (Lipinski definition) is 5. The van der Waals surface area contributed by atoms with Crippen LogP contribution in [0, 0.1) is 5.82 Å². The number of thiophene rings is 1. The van der Waals surface area contributed by atoms with Gasteiger partial charge in [-0.2, -0.15) is 4.31 Å². The molecular weight excluding hydrogens is 403 g/mol. The number of carbonyl (C=O) groups is 1. The summed E-state index contributed by atoms with van der Waals surface area (Å²) in [4.78, 5) is 14.4. The largest absolute Gasteiger partial charge is 0.489 e. The van der Waals surface area contributed by atoms with Crippen molar-refractivity contribution in [2.24, 2.45) is 0 Å². The lowest BCUT2D eigenvalue weighted by molar-refractivity contribution is 0.0774. The number of halogens is 1. The Kier molecular flexibility index (Phi) is 6.69. The van der Waals surface area contributed by atoms with Gasteiger partial charge >= 0.3 is 0 Å². The van der Waals surface area contributed by atoms with Crippen LogP contribution in [0.2, 0.25) is 0 Å². The Hall–Kier alpha value is -1.97. The van der Waals surface area contributed by atoms with Gasteiger partial charge < -0.3 is 9.64 Å². The predicted molar refractivity (Wildman–Crippen MR) is 106 cm³/mol. The number of carbonyl (C=O) groups excluding carboxylic acids is 1. The van der Waals surface area contributed by atoms with E-state index in [4.69, 9.17) is 4.74 Å². The molecule has 0 bridgehead atoms. The number of para-hydroxylation sites is 1. The van der Waals surface area contributed by atoms with Gasteiger partial charge in [0.2, 0.25) is 10.0 Å². The summed E-state index contributed by atoms with van der Waals surface area (Å²) >= 11 is 1.11. The smallest absolute Gasteiger partial charge is 0.265 e. The summed E-state index contributed by atoms with van der Waals surface area (Å²) in [5.74, 6) is -0.736. The van der Waals surface area contributed by atoms with Crippen molar-refractivity contribution in [3.63, 3.8) is 0 Å². The molecule has 0 N–H and O–H groups in total. The van der Waals surface area contributed by atoms with E-state index >= 15 is 0 Å². The second-order valence-electron chi connectivity index (χ2n) is 6.58. The van der Waals surface area contributed by atoms with Gasteiger partial charge in [-0.3, -0.25) is 4.79 Å². The fraction of sp³-hybridized carbons (Fsp3) is 0.421. The van der Waals surface area contributed by atoms with Crippen LogP contribution >= 0.6 is 11.3 Å². The van der Waals surface area contributed by atoms with E-state index in [-0.39, 0.29) is 34.6 Å². The maximum Gasteiger partial charge on any atom is 0.265 e. The molecular formula is C19H23FN2O4S2. The summed E-state index contributed by atoms with van der Waals surface area (Å²) in [6.07, 6.45) is 2.69. The van der Waals surface area contributed by atoms with Crippen molar-refractivity contribution in [1.29, 1.82) is 0 Å². The third kappa shape index (κ3) is 4.53. The second kappa shape index (κ2) is 9.02. The molecule has 9 heteroatoms. The Labute approximate surface area is 168 Å². The minimum Gasteiger partial charge on any atom is -0.489 e. The van der Waals surface area contributed by atoms with Gasteiger partial charge in [-0.1, -0.05) is 18.6 Å². The highest BCUT2D eigenvalue weighted by atomic mass is 32.2. The molecule has 0 atom stereocenters. The molecule has 1 aromatic heterocycles. The van der Waals surface area contributed by atoms with Crippen molar-refractivity contribution >= 4 is 27.3 Å². The highest BCUT2D eigenvalue weighted by Gasteiger charge is 2.31. The summed E-state index contributed by atoms with van der Waals surface area (Å²) in [5.41, 5.74) is 0. The van der Waals surface area contributed by atoms with Gasteiger partial charge in [-0.15, -0.1) is 11.3 Å². The Balaban J connectivity index is 1.66. The Bertz CT molecular complexity index is 924. The third-order valence-electron chi connectivity index (χ3n) is 4.62. The number of rotatable bonds is 7. The highest BCUT2D eigenvalue weighted by Crippen LogP contribution is 2.28. The molecule has 28 heavy (non-hydrogen) atoms. The normalized spacial score (nSPS) is 15.4. The lowest BCUT2D eigenvalue weighted by Crippen LogP contribution is -2.37. The van der Waals surface area contributed by atoms with Crippen molar-refractivity contribution < 1.29 is 22.3 Å². The zero-order valence-electron chi connectivity index (χ0n) is 15.6. The first kappa shape index (κ1) is 20.8. The van der Waals surface area contributed by atoms with E-state index in [1.54, 1.807) is 24.6 Å². The number of likely N-dealkylation sites (N-methyl/N-ethyl adjacent to an activating group) is 1. The average molecular weight is 427 g/mol. The van der Waals surface area contributed by atoms with Gasteiger partial charge in [0, 0.05) is 20.1 Å². The number of hydrogen-bond donors (Lipinski definition) is 0. The highest BCUT2D eigenvalue weighted by molar-refractivity contribution is 7.89. The topological polar surface area (TPSA) is 66.9 Å². The second-order valence-corrected chi connectivity index (χ2v) is 9.41. The van der Waals surface area contributed by atoms with Crippen molar-refractivity contribution in [2.45, 2.75) is 24.2 Å². The summed E-state index contributed by atoms with van der Waals surface area (Å²) in [7, 11) is -2.11. The summed E-state index contributed by atoms with van der Waals surface area (Å²) in [5, 5.41) is 1.62. The first-order valence-electron chi connectivity index (χ1n) is 9.11. The van der Waals surface area contributed by atoms with Crippen LogP contribution in [0.4, 0.5) is 4.39 Å². The molecule has 0 spiro atoms. The predicted octanol–water partition coefficient (Wildman–Crippen LogP) is 3.21. The maximum absolute atomic E-state index is 13.6. The van der Waals surface area contributed by atoms with Gasteiger partial charge in [0.15, 0.2) is 11.6 Å². The van der Waals surface area contributed by atoms with Crippen LogP contribution in [0.1, 0.15) is 28.9 Å². The van der Waals surface area contributed by atoms with Gasteiger partial charge in [-0.25, -0.2) is 12.8 Å². The maximum atomic E-state index is 13.6. The summed E-state index contributed by atoms with van der Waals surface area (Å²) in [6, 6.07) is 7.54. The third-order valence-corrected chi connectivity index (χ3v) is 7.60. The molecule has 1 aliphatic rings. The van der Waals surface area contributed by atoms with Crippen LogP contribution in [0.25, 0.3) is 0 Å². The molecule has 6 nitrogen and oxygen atoms in total. The van der Waals surface area contributed by atoms with E-state index in [9.17, 15) is 17.6 Å². The van der Waals surface area contributed by atoms with E-state index in [2.05, 4.69) is 0 Å². The molecule has 0 aliphatic carbocycles. The standard InChI is InChI=1S/C19H23FN2O4S2/c1-21(12-13-26-16-8-4-3-7-15(16)20)19(23)18-17(9-14-27-18)28(24,25)22-10-5-2-6-11-22/h3-4,7-9,14H,2,5-6,10-13H2,1H3. The molecule has 1 fully saturated rings. The molecule has 2 aromatic rings. The molecule has 1 aromatic carbocycles. The molecule has 0 saturated carbocycles. The van der Waals surface area contributed by atoms with Gasteiger partial charge in [-0.05, 0) is 36.4 Å². The van der Waals surface area contributed by atoms with Crippen LogP contribution in [0.5, 0.6) is 5.75 Å². The number of sulfonamides is 1. The lowest BCUT2D eigenvalue weighted by atomic mass is 10.2. The van der Waals surface area contributed by atoms with Crippen LogP contribution in [0.15, 0.2) is 40.6 Å². The molecule has 152 valence electrons. The van der Waals surface area contributed by atoms with Crippen molar-refractivity contribution in [2.75, 3.05) is 33.3 Å². The number of benzene rings is 1. The monoisotopic (exact) mass is 426 g/mol. The lowest BCUT2D eigenvalue weighted by Gasteiger charge is -2.26. The molecule has 1 saturated heterocycles. The van der Waals surface area contributed by atoms with Crippen LogP contribution in [-0.4, -0.2) is 56.8 Å². The molecule has 1 aliphatic heterocycles. The number of amides is 1. The molecule has 0 radical (unpaired) electrons. The quantitative estimate of drug-likeness (QED) is 0.682. The number of ether oxygens (including phenoxy) is 1. The number of piperidine rings is 1. The Morgan fingerprint density at radius 1 is 1.21 bits per heavy atom. The van der Waals surface area contributed by atoms with E-state index in [1.165, 1.54) is 27.4 Å². The van der Waals surface area contributed by atoms with Crippen molar-refractivity contribution in [3.05, 3.63) is 46.4 Å². The fourth-order valence-electron chi connectivity index (χ4n) is 3.03. The van der Waals surface area contributed by atoms with E-state index in [1.807, 2.05) is 0 Å². The van der Waals surface area contributed by atoms with Gasteiger partial charge in [0.25, 0.3) is 5.91 Å². The molecule has 1 amide bonds. The van der Waals surface area contributed by atoms with E-state index in [0.29, 0.717) is 13.1 Å². The van der Waals surface area contributed by atoms with Crippen molar-refractivity contribution in [3.8, 4) is 5.75 Å². The zero-order chi connectivity index (χ0) is 20.1. The first-order valence-corrected chi connectivity index (χ1v) is 11.4.